The van der Waals surface area contributed by atoms with E-state index in [1.807, 2.05) is 18.7 Å². The van der Waals surface area contributed by atoms with Crippen molar-refractivity contribution in [1.29, 1.82) is 0 Å². The Balaban J connectivity index is 1.70. The topological polar surface area (TPSA) is 71.5 Å². The molecule has 1 fully saturated rings. The van der Waals surface area contributed by atoms with Gasteiger partial charge in [-0.05, 0) is 26.3 Å². The highest BCUT2D eigenvalue weighted by molar-refractivity contribution is 5.94. The minimum absolute atomic E-state index is 0.00375. The monoisotopic (exact) mass is 341 g/mol. The molecule has 0 radical (unpaired) electrons. The average Bonchev–Trinajstić information content (AvgIpc) is 2.89. The van der Waals surface area contributed by atoms with Crippen LogP contribution in [0.3, 0.4) is 0 Å². The maximum absolute atomic E-state index is 12.7. The molecule has 0 bridgehead atoms. The molecule has 1 aliphatic rings. The van der Waals surface area contributed by atoms with Crippen molar-refractivity contribution in [3.63, 3.8) is 0 Å². The third kappa shape index (κ3) is 3.87. The van der Waals surface area contributed by atoms with Crippen LogP contribution in [0.15, 0.2) is 24.5 Å². The Labute approximate surface area is 147 Å². The van der Waals surface area contributed by atoms with Crippen molar-refractivity contribution in [3.8, 4) is 5.88 Å². The van der Waals surface area contributed by atoms with Crippen molar-refractivity contribution in [2.24, 2.45) is 0 Å². The van der Waals surface area contributed by atoms with E-state index in [9.17, 15) is 4.79 Å². The first-order chi connectivity index (χ1) is 12.1. The van der Waals surface area contributed by atoms with Crippen LogP contribution in [-0.2, 0) is 0 Å². The van der Waals surface area contributed by atoms with Gasteiger partial charge in [0.15, 0.2) is 0 Å². The van der Waals surface area contributed by atoms with Crippen LogP contribution >= 0.6 is 0 Å². The minimum Gasteiger partial charge on any atom is -0.481 e. The van der Waals surface area contributed by atoms with Gasteiger partial charge in [-0.15, -0.1) is 0 Å². The fourth-order valence-electron chi connectivity index (χ4n) is 2.97. The molecule has 0 N–H and O–H groups in total. The van der Waals surface area contributed by atoms with Crippen molar-refractivity contribution in [1.82, 2.24) is 19.9 Å². The summed E-state index contributed by atoms with van der Waals surface area (Å²) in [7, 11) is 1.56. The summed E-state index contributed by atoms with van der Waals surface area (Å²) in [6.45, 7) is 6.90. The lowest BCUT2D eigenvalue weighted by Gasteiger charge is -2.24. The lowest BCUT2D eigenvalue weighted by molar-refractivity contribution is 0.0766. The normalized spacial score (nSPS) is 15.0. The van der Waals surface area contributed by atoms with Crippen LogP contribution in [0, 0.1) is 13.8 Å². The molecule has 3 heterocycles. The number of nitrogens with zero attached hydrogens (tertiary/aromatic N) is 5. The number of amides is 1. The van der Waals surface area contributed by atoms with Gasteiger partial charge in [0.2, 0.25) is 5.88 Å². The second-order valence-electron chi connectivity index (χ2n) is 6.14. The molecule has 7 nitrogen and oxygen atoms in total. The van der Waals surface area contributed by atoms with Gasteiger partial charge in [0.05, 0.1) is 24.1 Å². The summed E-state index contributed by atoms with van der Waals surface area (Å²) in [5, 5.41) is 0. The molecule has 1 amide bonds. The number of aryl methyl sites for hydroxylation is 2. The SMILES string of the molecule is COc1ccc(C(=O)N2CCCN(c3nc(C)cnc3C)CC2)cn1. The number of hydrogen-bond donors (Lipinski definition) is 0. The largest absolute Gasteiger partial charge is 0.481 e. The van der Waals surface area contributed by atoms with Crippen LogP contribution in [0.2, 0.25) is 0 Å². The van der Waals surface area contributed by atoms with Crippen LogP contribution < -0.4 is 9.64 Å². The number of rotatable bonds is 3. The van der Waals surface area contributed by atoms with Gasteiger partial charge in [-0.1, -0.05) is 0 Å². The van der Waals surface area contributed by atoms with E-state index in [0.29, 0.717) is 18.0 Å². The predicted octanol–water partition coefficient (Wildman–Crippen LogP) is 1.85. The molecule has 0 atom stereocenters. The van der Waals surface area contributed by atoms with Crippen LogP contribution in [0.1, 0.15) is 28.2 Å². The first-order valence-corrected chi connectivity index (χ1v) is 8.43. The summed E-state index contributed by atoms with van der Waals surface area (Å²) >= 11 is 0. The third-order valence-electron chi connectivity index (χ3n) is 4.33. The van der Waals surface area contributed by atoms with E-state index < -0.39 is 0 Å². The van der Waals surface area contributed by atoms with Crippen LogP contribution in [-0.4, -0.2) is 59.0 Å². The molecule has 132 valence electrons. The molecule has 2 aromatic heterocycles. The average molecular weight is 341 g/mol. The Hall–Kier alpha value is -2.70. The molecule has 1 saturated heterocycles. The Bertz CT molecular complexity index is 748. The maximum atomic E-state index is 12.7. The zero-order valence-electron chi connectivity index (χ0n) is 14.9. The Morgan fingerprint density at radius 2 is 1.92 bits per heavy atom. The summed E-state index contributed by atoms with van der Waals surface area (Å²) < 4.78 is 5.04. The molecule has 0 aliphatic carbocycles. The molecule has 0 spiro atoms. The number of carbonyl (C=O) groups is 1. The van der Waals surface area contributed by atoms with Gasteiger partial charge in [-0.3, -0.25) is 9.78 Å². The number of pyridine rings is 1. The molecule has 1 aliphatic heterocycles. The number of methoxy groups -OCH3 is 1. The standard InChI is InChI=1S/C18H23N5O2/c1-13-11-19-14(2)17(21-13)22-7-4-8-23(10-9-22)18(24)15-5-6-16(25-3)20-12-15/h5-6,11-12H,4,7-10H2,1-3H3. The lowest BCUT2D eigenvalue weighted by atomic mass is 10.2. The van der Waals surface area contributed by atoms with Crippen molar-refractivity contribution < 1.29 is 9.53 Å². The van der Waals surface area contributed by atoms with E-state index in [1.54, 1.807) is 31.6 Å². The van der Waals surface area contributed by atoms with Crippen LogP contribution in [0.25, 0.3) is 0 Å². The van der Waals surface area contributed by atoms with Crippen molar-refractivity contribution in [2.45, 2.75) is 20.3 Å². The summed E-state index contributed by atoms with van der Waals surface area (Å²) in [6.07, 6.45) is 4.24. The minimum atomic E-state index is 0.00375. The van der Waals surface area contributed by atoms with Gasteiger partial charge in [0.1, 0.15) is 5.82 Å². The number of carbonyl (C=O) groups excluding carboxylic acids is 1. The van der Waals surface area contributed by atoms with Crippen molar-refractivity contribution >= 4 is 11.7 Å². The number of hydrogen-bond acceptors (Lipinski definition) is 6. The Morgan fingerprint density at radius 1 is 1.08 bits per heavy atom. The third-order valence-corrected chi connectivity index (χ3v) is 4.33. The van der Waals surface area contributed by atoms with Gasteiger partial charge in [0.25, 0.3) is 5.91 Å². The molecule has 3 rings (SSSR count). The zero-order valence-corrected chi connectivity index (χ0v) is 14.9. The Morgan fingerprint density at radius 3 is 2.64 bits per heavy atom. The zero-order chi connectivity index (χ0) is 17.8. The summed E-state index contributed by atoms with van der Waals surface area (Å²) in [4.78, 5) is 30.0. The highest BCUT2D eigenvalue weighted by atomic mass is 16.5. The van der Waals surface area contributed by atoms with Gasteiger partial charge >= 0.3 is 0 Å². The van der Waals surface area contributed by atoms with Gasteiger partial charge < -0.3 is 14.5 Å². The number of aromatic nitrogens is 3. The first-order valence-electron chi connectivity index (χ1n) is 8.43. The smallest absolute Gasteiger partial charge is 0.255 e. The molecule has 0 saturated carbocycles. The highest BCUT2D eigenvalue weighted by Gasteiger charge is 2.22. The quantitative estimate of drug-likeness (QED) is 0.848. The lowest BCUT2D eigenvalue weighted by Crippen LogP contribution is -2.35. The van der Waals surface area contributed by atoms with Gasteiger partial charge in [-0.2, -0.15) is 0 Å². The van der Waals surface area contributed by atoms with Gasteiger partial charge in [-0.25, -0.2) is 9.97 Å². The summed E-state index contributed by atoms with van der Waals surface area (Å²) in [6, 6.07) is 3.47. The van der Waals surface area contributed by atoms with Crippen LogP contribution in [0.5, 0.6) is 5.88 Å². The second-order valence-corrected chi connectivity index (χ2v) is 6.14. The van der Waals surface area contributed by atoms with E-state index in [2.05, 4.69) is 19.9 Å². The molecular formula is C18H23N5O2. The van der Waals surface area contributed by atoms with Crippen molar-refractivity contribution in [2.75, 3.05) is 38.2 Å². The molecule has 25 heavy (non-hydrogen) atoms. The second kappa shape index (κ2) is 7.46. The van der Waals surface area contributed by atoms with E-state index in [0.717, 1.165) is 43.3 Å². The van der Waals surface area contributed by atoms with Crippen LogP contribution in [0.4, 0.5) is 5.82 Å². The maximum Gasteiger partial charge on any atom is 0.255 e. The van der Waals surface area contributed by atoms with E-state index in [4.69, 9.17) is 4.74 Å². The highest BCUT2D eigenvalue weighted by Crippen LogP contribution is 2.18. The van der Waals surface area contributed by atoms with E-state index in [-0.39, 0.29) is 5.91 Å². The molecular weight excluding hydrogens is 318 g/mol. The molecule has 2 aromatic rings. The van der Waals surface area contributed by atoms with Crippen molar-refractivity contribution in [3.05, 3.63) is 41.5 Å². The predicted molar refractivity (Wildman–Crippen MR) is 95.0 cm³/mol. The molecule has 0 aromatic carbocycles. The van der Waals surface area contributed by atoms with Gasteiger partial charge in [0, 0.05) is 44.6 Å². The first kappa shape index (κ1) is 17.1. The number of anilines is 1. The van der Waals surface area contributed by atoms with E-state index >= 15 is 0 Å². The Kier molecular flexibility index (Phi) is 5.11. The summed E-state index contributed by atoms with van der Waals surface area (Å²) in [5.41, 5.74) is 2.41. The number of ether oxygens (including phenoxy) is 1. The molecule has 0 unspecified atom stereocenters. The fraction of sp³-hybridized carbons (Fsp3) is 0.444. The summed E-state index contributed by atoms with van der Waals surface area (Å²) in [5.74, 6) is 1.43. The van der Waals surface area contributed by atoms with E-state index in [1.165, 1.54) is 0 Å². The molecule has 7 heteroatoms. The fourth-order valence-corrected chi connectivity index (χ4v) is 2.97.